The average molecular weight is 149 g/mol. The van der Waals surface area contributed by atoms with Crippen LogP contribution in [0.4, 0.5) is 0 Å². The minimum absolute atomic E-state index is 0.121. The molecule has 0 saturated carbocycles. The summed E-state index contributed by atoms with van der Waals surface area (Å²) in [5, 5.41) is 0. The fourth-order valence-corrected chi connectivity index (χ4v) is 0.997. The second kappa shape index (κ2) is 4.09. The molecule has 1 rings (SSSR count). The summed E-state index contributed by atoms with van der Waals surface area (Å²) in [6.07, 6.45) is 5.34. The topological polar surface area (TPSA) is 38.9 Å². The summed E-state index contributed by atoms with van der Waals surface area (Å²) < 4.78 is 0. The Labute approximate surface area is 67.5 Å². The quantitative estimate of drug-likeness (QED) is 0.710. The van der Waals surface area contributed by atoms with Gasteiger partial charge < -0.3 is 5.73 Å². The third kappa shape index (κ3) is 2.31. The molecule has 0 aliphatic carbocycles. The highest BCUT2D eigenvalue weighted by Gasteiger charge is 2.01. The molecule has 2 nitrogen and oxygen atoms in total. The van der Waals surface area contributed by atoms with Crippen molar-refractivity contribution in [1.29, 1.82) is 0 Å². The minimum Gasteiger partial charge on any atom is -0.324 e. The number of aromatic nitrogens is 1. The molecule has 0 saturated heterocycles. The molecule has 0 fully saturated rings. The van der Waals surface area contributed by atoms with E-state index in [-0.39, 0.29) is 6.04 Å². The first kappa shape index (κ1) is 8.21. The molecule has 0 aromatic carbocycles. The predicted octanol–water partition coefficient (Wildman–Crippen LogP) is 1.70. The van der Waals surface area contributed by atoms with Crippen molar-refractivity contribution in [3.8, 4) is 0 Å². The Morgan fingerprint density at radius 3 is 2.64 bits per heavy atom. The summed E-state index contributed by atoms with van der Waals surface area (Å²) >= 11 is 0. The van der Waals surface area contributed by atoms with Gasteiger partial charge in [-0.25, -0.2) is 0 Å². The van der Waals surface area contributed by atoms with Gasteiger partial charge in [-0.05, 0) is 24.1 Å². The third-order valence-corrected chi connectivity index (χ3v) is 1.65. The van der Waals surface area contributed by atoms with Gasteiger partial charge in [-0.15, -0.1) is 0 Å². The largest absolute Gasteiger partial charge is 0.324 e. The van der Waals surface area contributed by atoms with Gasteiger partial charge in [-0.1, -0.05) is 13.3 Å². The second-order valence-electron chi connectivity index (χ2n) is 2.53. The van der Waals surface area contributed by atoms with Crippen LogP contribution in [0.15, 0.2) is 24.5 Å². The zero-order valence-electron chi connectivity index (χ0n) is 6.53. The lowest BCUT2D eigenvalue weighted by Gasteiger charge is -2.08. The second-order valence-corrected chi connectivity index (χ2v) is 2.53. The van der Waals surface area contributed by atoms with Crippen LogP contribution in [0.3, 0.4) is 0 Å². The Kier molecular flexibility index (Phi) is 3.05. The molecule has 59 valence electrons. The Hall–Kier alpha value is -0.890. The van der Waals surface area contributed by atoms with Crippen LogP contribution in [-0.4, -0.2) is 4.98 Å². The number of rotatable bonds is 3. The number of hydrogen-bond acceptors (Lipinski definition) is 2. The molecule has 1 heterocycles. The molecule has 1 unspecified atom stereocenters. The van der Waals surface area contributed by atoms with E-state index in [1.54, 1.807) is 12.4 Å². The highest BCUT2D eigenvalue weighted by molar-refractivity contribution is 5.13. The van der Waals surface area contributed by atoms with Gasteiger partial charge in [-0.3, -0.25) is 4.98 Å². The van der Waals surface area contributed by atoms with Crippen molar-refractivity contribution < 1.29 is 0 Å². The van der Waals surface area contributed by atoms with Gasteiger partial charge in [0.2, 0.25) is 0 Å². The van der Waals surface area contributed by atoms with Crippen LogP contribution < -0.4 is 5.73 Å². The van der Waals surface area contributed by atoms with Gasteiger partial charge >= 0.3 is 0 Å². The Morgan fingerprint density at radius 1 is 1.45 bits per heavy atom. The van der Waals surface area contributed by atoms with E-state index < -0.39 is 0 Å². The van der Waals surface area contributed by atoms with E-state index in [1.165, 1.54) is 0 Å². The van der Waals surface area contributed by atoms with Crippen LogP contribution >= 0.6 is 0 Å². The monoisotopic (exact) mass is 149 g/mol. The van der Waals surface area contributed by atoms with Crippen LogP contribution in [0.5, 0.6) is 0 Å². The molecular formula is C9H13N2. The van der Waals surface area contributed by atoms with Crippen LogP contribution in [0, 0.1) is 6.92 Å². The van der Waals surface area contributed by atoms with E-state index in [0.29, 0.717) is 0 Å². The number of nitrogens with two attached hydrogens (primary N) is 1. The molecule has 1 aromatic rings. The van der Waals surface area contributed by atoms with Crippen LogP contribution in [0.1, 0.15) is 24.4 Å². The summed E-state index contributed by atoms with van der Waals surface area (Å²) in [5.41, 5.74) is 6.98. The summed E-state index contributed by atoms with van der Waals surface area (Å²) in [6.45, 7) is 3.76. The standard InChI is InChI=1S/C9H13N2/c1-2-3-9(10)8-4-6-11-7-5-8/h4-7,9H,1-3,10H2. The molecule has 2 N–H and O–H groups in total. The van der Waals surface area contributed by atoms with Gasteiger partial charge in [0, 0.05) is 18.4 Å². The van der Waals surface area contributed by atoms with Crippen molar-refractivity contribution in [2.45, 2.75) is 18.9 Å². The van der Waals surface area contributed by atoms with Crippen LogP contribution in [0.25, 0.3) is 0 Å². The molecule has 0 amide bonds. The van der Waals surface area contributed by atoms with Gasteiger partial charge in [0.1, 0.15) is 0 Å². The van der Waals surface area contributed by atoms with Crippen molar-refractivity contribution >= 4 is 0 Å². The fourth-order valence-electron chi connectivity index (χ4n) is 0.997. The molecule has 1 aromatic heterocycles. The van der Waals surface area contributed by atoms with Crippen molar-refractivity contribution in [2.24, 2.45) is 5.73 Å². The van der Waals surface area contributed by atoms with Gasteiger partial charge in [0.25, 0.3) is 0 Å². The van der Waals surface area contributed by atoms with E-state index >= 15 is 0 Å². The van der Waals surface area contributed by atoms with E-state index in [2.05, 4.69) is 11.9 Å². The maximum atomic E-state index is 5.84. The summed E-state index contributed by atoms with van der Waals surface area (Å²) in [7, 11) is 0. The lowest BCUT2D eigenvalue weighted by atomic mass is 10.1. The first-order valence-electron chi connectivity index (χ1n) is 3.79. The molecular weight excluding hydrogens is 136 g/mol. The smallest absolute Gasteiger partial charge is 0.0295 e. The fraction of sp³-hybridized carbons (Fsp3) is 0.333. The maximum Gasteiger partial charge on any atom is 0.0295 e. The summed E-state index contributed by atoms with van der Waals surface area (Å²) in [5.74, 6) is 0. The summed E-state index contributed by atoms with van der Waals surface area (Å²) in [4.78, 5) is 3.92. The van der Waals surface area contributed by atoms with E-state index in [4.69, 9.17) is 5.73 Å². The van der Waals surface area contributed by atoms with Crippen LogP contribution in [-0.2, 0) is 0 Å². The van der Waals surface area contributed by atoms with E-state index in [0.717, 1.165) is 18.4 Å². The highest BCUT2D eigenvalue weighted by atomic mass is 14.6. The molecule has 11 heavy (non-hydrogen) atoms. The molecule has 1 atom stereocenters. The molecule has 2 heteroatoms. The lowest BCUT2D eigenvalue weighted by Crippen LogP contribution is -2.09. The van der Waals surface area contributed by atoms with Gasteiger partial charge in [-0.2, -0.15) is 0 Å². The zero-order chi connectivity index (χ0) is 8.10. The Morgan fingerprint density at radius 2 is 2.09 bits per heavy atom. The van der Waals surface area contributed by atoms with Crippen molar-refractivity contribution in [3.05, 3.63) is 37.0 Å². The zero-order valence-corrected chi connectivity index (χ0v) is 6.53. The lowest BCUT2D eigenvalue weighted by molar-refractivity contribution is 0.659. The number of nitrogens with zero attached hydrogens (tertiary/aromatic N) is 1. The van der Waals surface area contributed by atoms with Crippen molar-refractivity contribution in [2.75, 3.05) is 0 Å². The minimum atomic E-state index is 0.121. The molecule has 0 bridgehead atoms. The van der Waals surface area contributed by atoms with Gasteiger partial charge in [0.05, 0.1) is 0 Å². The number of pyridine rings is 1. The normalized spacial score (nSPS) is 12.9. The first-order valence-corrected chi connectivity index (χ1v) is 3.79. The third-order valence-electron chi connectivity index (χ3n) is 1.65. The van der Waals surface area contributed by atoms with Crippen molar-refractivity contribution in [3.63, 3.8) is 0 Å². The average Bonchev–Trinajstić information content (AvgIpc) is 2.07. The van der Waals surface area contributed by atoms with Gasteiger partial charge in [0.15, 0.2) is 0 Å². The first-order chi connectivity index (χ1) is 5.34. The summed E-state index contributed by atoms with van der Waals surface area (Å²) in [6, 6.07) is 4.01. The highest BCUT2D eigenvalue weighted by Crippen LogP contribution is 2.13. The Balaban J connectivity index is 2.61. The molecule has 0 aliphatic heterocycles. The Bertz CT molecular complexity index is 196. The molecule has 0 spiro atoms. The SMILES string of the molecule is [CH2]CCC(N)c1ccncc1. The number of hydrogen-bond donors (Lipinski definition) is 1. The molecule has 1 radical (unpaired) electrons. The van der Waals surface area contributed by atoms with Crippen LogP contribution in [0.2, 0.25) is 0 Å². The van der Waals surface area contributed by atoms with Crippen molar-refractivity contribution in [1.82, 2.24) is 4.98 Å². The molecule has 0 aliphatic rings. The predicted molar refractivity (Wildman–Crippen MR) is 45.8 cm³/mol. The van der Waals surface area contributed by atoms with E-state index in [9.17, 15) is 0 Å². The van der Waals surface area contributed by atoms with E-state index in [1.807, 2.05) is 12.1 Å². The maximum absolute atomic E-state index is 5.84.